The lowest BCUT2D eigenvalue weighted by Crippen LogP contribution is -2.30. The minimum absolute atomic E-state index is 0.0321. The van der Waals surface area contributed by atoms with E-state index in [0.29, 0.717) is 6.42 Å². The van der Waals surface area contributed by atoms with Crippen LogP contribution in [-0.4, -0.2) is 10.4 Å². The van der Waals surface area contributed by atoms with Crippen molar-refractivity contribution in [3.63, 3.8) is 0 Å². The minimum Gasteiger partial charge on any atom is -0.343 e. The molecule has 0 fully saturated rings. The molecule has 2 aromatic rings. The maximum Gasteiger partial charge on any atom is 0.179 e. The van der Waals surface area contributed by atoms with Crippen molar-refractivity contribution in [1.82, 2.24) is 4.57 Å². The minimum atomic E-state index is 0.0321. The summed E-state index contributed by atoms with van der Waals surface area (Å²) in [5.74, 6) is 6.56. The molecule has 0 saturated carbocycles. The number of benzene rings is 1. The zero-order valence-corrected chi connectivity index (χ0v) is 12.7. The monoisotopic (exact) mass is 277 g/mol. The molecule has 0 spiro atoms. The van der Waals surface area contributed by atoms with Crippen molar-refractivity contribution in [2.75, 3.05) is 0 Å². The van der Waals surface area contributed by atoms with Crippen molar-refractivity contribution in [1.29, 1.82) is 0 Å². The number of rotatable bonds is 0. The molecule has 1 aliphatic rings. The number of aryl methyl sites for hydroxylation is 1. The second kappa shape index (κ2) is 4.93. The molecule has 0 aliphatic carbocycles. The maximum atomic E-state index is 12.2. The van der Waals surface area contributed by atoms with E-state index in [1.165, 1.54) is 5.56 Å². The van der Waals surface area contributed by atoms with Crippen LogP contribution < -0.4 is 0 Å². The molecule has 21 heavy (non-hydrogen) atoms. The number of aromatic nitrogens is 1. The number of fused-ring (bicyclic) bond motifs is 1. The van der Waals surface area contributed by atoms with Gasteiger partial charge in [-0.05, 0) is 36.1 Å². The summed E-state index contributed by atoms with van der Waals surface area (Å²) in [7, 11) is 0. The third kappa shape index (κ3) is 2.92. The maximum absolute atomic E-state index is 12.2. The molecule has 3 rings (SSSR count). The summed E-state index contributed by atoms with van der Waals surface area (Å²) >= 11 is 0. The van der Waals surface area contributed by atoms with Gasteiger partial charge in [0.2, 0.25) is 0 Å². The molecule has 1 aromatic carbocycles. The zero-order valence-electron chi connectivity index (χ0n) is 12.7. The highest BCUT2D eigenvalue weighted by Gasteiger charge is 2.30. The highest BCUT2D eigenvalue weighted by atomic mass is 16.1. The third-order valence-corrected chi connectivity index (χ3v) is 3.79. The van der Waals surface area contributed by atoms with Gasteiger partial charge in [-0.25, -0.2) is 0 Å². The van der Waals surface area contributed by atoms with E-state index >= 15 is 0 Å². The van der Waals surface area contributed by atoms with Gasteiger partial charge in [0.05, 0.1) is 5.69 Å². The molecule has 2 nitrogen and oxygen atoms in total. The summed E-state index contributed by atoms with van der Waals surface area (Å²) in [6.07, 6.45) is 2.61. The smallest absolute Gasteiger partial charge is 0.179 e. The van der Waals surface area contributed by atoms with E-state index in [1.807, 2.05) is 29.0 Å². The van der Waals surface area contributed by atoms with E-state index in [-0.39, 0.29) is 11.2 Å². The van der Waals surface area contributed by atoms with Gasteiger partial charge < -0.3 is 4.57 Å². The summed E-state index contributed by atoms with van der Waals surface area (Å²) in [6, 6.07) is 10.1. The van der Waals surface area contributed by atoms with Gasteiger partial charge in [-0.1, -0.05) is 37.8 Å². The van der Waals surface area contributed by atoms with Crippen LogP contribution in [0.4, 0.5) is 0 Å². The van der Waals surface area contributed by atoms with Crippen LogP contribution >= 0.6 is 0 Å². The van der Waals surface area contributed by atoms with Crippen LogP contribution in [0, 0.1) is 24.2 Å². The van der Waals surface area contributed by atoms with Crippen molar-refractivity contribution in [3.8, 4) is 11.8 Å². The second-order valence-corrected chi connectivity index (χ2v) is 6.63. The predicted octanol–water partition coefficient (Wildman–Crippen LogP) is 3.81. The van der Waals surface area contributed by atoms with Gasteiger partial charge in [0.25, 0.3) is 0 Å². The Balaban J connectivity index is 1.92. The molecular formula is C19H19NO. The van der Waals surface area contributed by atoms with Crippen molar-refractivity contribution in [2.24, 2.45) is 5.41 Å². The fourth-order valence-electron chi connectivity index (χ4n) is 2.85. The molecule has 106 valence electrons. The lowest BCUT2D eigenvalue weighted by atomic mass is 9.84. The Bertz CT molecular complexity index is 768. The van der Waals surface area contributed by atoms with Gasteiger partial charge in [-0.2, -0.15) is 0 Å². The summed E-state index contributed by atoms with van der Waals surface area (Å²) < 4.78 is 2.05. The molecule has 0 saturated heterocycles. The molecule has 1 aliphatic heterocycles. The SMILES string of the molecule is Cc1cccc(C#Cc2cc3n(c2)CC(C)(C)CC3=O)c1. The van der Waals surface area contributed by atoms with Gasteiger partial charge in [0.15, 0.2) is 5.78 Å². The fraction of sp³-hybridized carbons (Fsp3) is 0.316. The number of ketones is 1. The zero-order chi connectivity index (χ0) is 15.0. The average molecular weight is 277 g/mol. The lowest BCUT2D eigenvalue weighted by Gasteiger charge is -2.30. The normalized spacial score (nSPS) is 16.0. The quantitative estimate of drug-likeness (QED) is 0.671. The topological polar surface area (TPSA) is 22.0 Å². The summed E-state index contributed by atoms with van der Waals surface area (Å²) in [5.41, 5.74) is 3.95. The number of carbonyl (C=O) groups is 1. The van der Waals surface area contributed by atoms with Crippen LogP contribution in [0.1, 0.15) is 47.4 Å². The molecule has 0 N–H and O–H groups in total. The van der Waals surface area contributed by atoms with E-state index in [9.17, 15) is 4.79 Å². The van der Waals surface area contributed by atoms with Crippen LogP contribution in [-0.2, 0) is 6.54 Å². The lowest BCUT2D eigenvalue weighted by molar-refractivity contribution is 0.0870. The van der Waals surface area contributed by atoms with Crippen molar-refractivity contribution < 1.29 is 4.79 Å². The number of Topliss-reactive ketones (excluding diaryl/α,β-unsaturated/α-hetero) is 1. The van der Waals surface area contributed by atoms with Crippen LogP contribution in [0.2, 0.25) is 0 Å². The number of nitrogens with zero attached hydrogens (tertiary/aromatic N) is 1. The first-order valence-electron chi connectivity index (χ1n) is 7.25. The van der Waals surface area contributed by atoms with Gasteiger partial charge in [-0.3, -0.25) is 4.79 Å². The van der Waals surface area contributed by atoms with E-state index < -0.39 is 0 Å². The Kier molecular flexibility index (Phi) is 3.22. The number of hydrogen-bond acceptors (Lipinski definition) is 1. The molecule has 0 unspecified atom stereocenters. The first-order chi connectivity index (χ1) is 9.93. The van der Waals surface area contributed by atoms with E-state index in [4.69, 9.17) is 0 Å². The standard InChI is InChI=1S/C19H19NO/c1-14-5-4-6-15(9-14)7-8-16-10-17-18(21)11-19(2,3)13-20(17)12-16/h4-6,9-10,12H,11,13H2,1-3H3. The molecule has 2 heterocycles. The van der Waals surface area contributed by atoms with E-state index in [1.54, 1.807) is 0 Å². The molecule has 0 radical (unpaired) electrons. The second-order valence-electron chi connectivity index (χ2n) is 6.63. The molecule has 0 amide bonds. The molecule has 1 aromatic heterocycles. The van der Waals surface area contributed by atoms with Crippen LogP contribution in [0.5, 0.6) is 0 Å². The molecule has 0 bridgehead atoms. The highest BCUT2D eigenvalue weighted by Crippen LogP contribution is 2.31. The highest BCUT2D eigenvalue weighted by molar-refractivity contribution is 5.96. The van der Waals surface area contributed by atoms with E-state index in [0.717, 1.165) is 23.4 Å². The van der Waals surface area contributed by atoms with Gasteiger partial charge >= 0.3 is 0 Å². The average Bonchev–Trinajstić information content (AvgIpc) is 2.78. The summed E-state index contributed by atoms with van der Waals surface area (Å²) in [6.45, 7) is 7.20. The van der Waals surface area contributed by atoms with Crippen LogP contribution in [0.3, 0.4) is 0 Å². The Morgan fingerprint density at radius 1 is 1.14 bits per heavy atom. The molecule has 2 heteroatoms. The van der Waals surface area contributed by atoms with Gasteiger partial charge in [0, 0.05) is 30.3 Å². The summed E-state index contributed by atoms with van der Waals surface area (Å²) in [4.78, 5) is 12.2. The number of carbonyl (C=O) groups excluding carboxylic acids is 1. The van der Waals surface area contributed by atoms with Crippen molar-refractivity contribution in [2.45, 2.75) is 33.7 Å². The molecule has 0 atom stereocenters. The number of hydrogen-bond donors (Lipinski definition) is 0. The van der Waals surface area contributed by atoms with Gasteiger partial charge in [-0.15, -0.1) is 0 Å². The Morgan fingerprint density at radius 2 is 1.90 bits per heavy atom. The molecular weight excluding hydrogens is 258 g/mol. The Labute approximate surface area is 125 Å². The first kappa shape index (κ1) is 13.7. The Morgan fingerprint density at radius 3 is 2.67 bits per heavy atom. The predicted molar refractivity (Wildman–Crippen MR) is 84.3 cm³/mol. The largest absolute Gasteiger partial charge is 0.343 e. The van der Waals surface area contributed by atoms with Gasteiger partial charge in [0.1, 0.15) is 0 Å². The van der Waals surface area contributed by atoms with E-state index in [2.05, 4.69) is 44.7 Å². The Hall–Kier alpha value is -2.27. The van der Waals surface area contributed by atoms with Crippen molar-refractivity contribution in [3.05, 3.63) is 58.9 Å². The third-order valence-electron chi connectivity index (χ3n) is 3.79. The fourth-order valence-corrected chi connectivity index (χ4v) is 2.85. The van der Waals surface area contributed by atoms with Crippen molar-refractivity contribution >= 4 is 5.78 Å². The summed E-state index contributed by atoms with van der Waals surface area (Å²) in [5, 5.41) is 0. The van der Waals surface area contributed by atoms with Crippen LogP contribution in [0.25, 0.3) is 0 Å². The first-order valence-corrected chi connectivity index (χ1v) is 7.25. The van der Waals surface area contributed by atoms with Crippen LogP contribution in [0.15, 0.2) is 36.5 Å².